The van der Waals surface area contributed by atoms with Crippen molar-refractivity contribution >= 4 is 22.6 Å². The molecule has 3 nitrogen and oxygen atoms in total. The molecule has 3 heteroatoms. The van der Waals surface area contributed by atoms with Gasteiger partial charge < -0.3 is 10.1 Å². The van der Waals surface area contributed by atoms with Crippen LogP contribution in [0, 0.1) is 0 Å². The predicted octanol–water partition coefficient (Wildman–Crippen LogP) is 4.68. The molecule has 0 unspecified atom stereocenters. The molecule has 0 atom stereocenters. The number of aromatic hydroxyl groups is 1. The summed E-state index contributed by atoms with van der Waals surface area (Å²) in [5.41, 5.74) is 4.73. The third-order valence-corrected chi connectivity index (χ3v) is 4.83. The lowest BCUT2D eigenvalue weighted by Gasteiger charge is -2.25. The zero-order valence-electron chi connectivity index (χ0n) is 14.2. The van der Waals surface area contributed by atoms with Crippen LogP contribution in [0.2, 0.25) is 0 Å². The highest BCUT2D eigenvalue weighted by molar-refractivity contribution is 5.92. The Labute approximate surface area is 147 Å². The Hall–Kier alpha value is -2.78. The Morgan fingerprint density at radius 1 is 1.08 bits per heavy atom. The minimum absolute atomic E-state index is 0.298. The molecule has 126 valence electrons. The smallest absolute Gasteiger partial charge is 0.139 e. The average Bonchev–Trinajstić information content (AvgIpc) is 3.16. The first kappa shape index (κ1) is 15.7. The predicted molar refractivity (Wildman–Crippen MR) is 104 cm³/mol. The summed E-state index contributed by atoms with van der Waals surface area (Å²) in [5, 5.41) is 10.9. The number of nitrogens with one attached hydrogen (secondary N) is 1. The van der Waals surface area contributed by atoms with Gasteiger partial charge in [0.25, 0.3) is 0 Å². The minimum Gasteiger partial charge on any atom is -0.506 e. The van der Waals surface area contributed by atoms with Crippen LogP contribution >= 0.6 is 0 Å². The van der Waals surface area contributed by atoms with Crippen LogP contribution in [-0.4, -0.2) is 34.6 Å². The van der Waals surface area contributed by atoms with Gasteiger partial charge in [0.05, 0.1) is 5.52 Å². The standard InChI is InChI=1S/C22H22N2O/c25-21-9-8-19(20-10-13-23-22(20)21)7-4-14-24-15-11-18(12-16-24)17-5-2-1-3-6-17/h1-11,13,23,25H,12,14-16H2. The summed E-state index contributed by atoms with van der Waals surface area (Å²) >= 11 is 0. The molecule has 0 spiro atoms. The van der Waals surface area contributed by atoms with Crippen molar-refractivity contribution in [3.63, 3.8) is 0 Å². The molecular formula is C22H22N2O. The number of aromatic nitrogens is 1. The highest BCUT2D eigenvalue weighted by Gasteiger charge is 2.11. The Bertz CT molecular complexity index is 922. The summed E-state index contributed by atoms with van der Waals surface area (Å²) in [7, 11) is 0. The number of hydrogen-bond donors (Lipinski definition) is 2. The molecule has 0 saturated carbocycles. The minimum atomic E-state index is 0.298. The molecular weight excluding hydrogens is 308 g/mol. The summed E-state index contributed by atoms with van der Waals surface area (Å²) in [6, 6.07) is 16.4. The highest BCUT2D eigenvalue weighted by Crippen LogP contribution is 2.27. The lowest BCUT2D eigenvalue weighted by atomic mass is 9.99. The molecule has 0 amide bonds. The van der Waals surface area contributed by atoms with Crippen molar-refractivity contribution in [2.24, 2.45) is 0 Å². The average molecular weight is 330 g/mol. The number of aromatic amines is 1. The van der Waals surface area contributed by atoms with E-state index in [0.717, 1.165) is 42.5 Å². The van der Waals surface area contributed by atoms with Gasteiger partial charge in [-0.15, -0.1) is 0 Å². The van der Waals surface area contributed by atoms with Gasteiger partial charge in [0.1, 0.15) is 5.75 Å². The van der Waals surface area contributed by atoms with E-state index in [9.17, 15) is 5.11 Å². The van der Waals surface area contributed by atoms with Crippen LogP contribution in [0.4, 0.5) is 0 Å². The van der Waals surface area contributed by atoms with E-state index < -0.39 is 0 Å². The van der Waals surface area contributed by atoms with Gasteiger partial charge in [0.15, 0.2) is 0 Å². The van der Waals surface area contributed by atoms with Gasteiger partial charge >= 0.3 is 0 Å². The SMILES string of the molecule is Oc1ccc(C=CCN2CC=C(c3ccccc3)CC2)c2cc[nH]c12. The molecule has 0 aliphatic carbocycles. The number of nitrogens with zero attached hydrogens (tertiary/aromatic N) is 1. The number of fused-ring (bicyclic) bond motifs is 1. The topological polar surface area (TPSA) is 39.3 Å². The van der Waals surface area contributed by atoms with Crippen LogP contribution in [-0.2, 0) is 0 Å². The fourth-order valence-corrected chi connectivity index (χ4v) is 3.43. The lowest BCUT2D eigenvalue weighted by Crippen LogP contribution is -2.28. The molecule has 25 heavy (non-hydrogen) atoms. The normalized spacial score (nSPS) is 15.8. The van der Waals surface area contributed by atoms with Crippen LogP contribution in [0.15, 0.2) is 66.9 Å². The van der Waals surface area contributed by atoms with Crippen molar-refractivity contribution in [3.05, 3.63) is 78.0 Å². The van der Waals surface area contributed by atoms with Crippen molar-refractivity contribution in [1.29, 1.82) is 0 Å². The fourth-order valence-electron chi connectivity index (χ4n) is 3.43. The quantitative estimate of drug-likeness (QED) is 0.729. The Morgan fingerprint density at radius 2 is 1.96 bits per heavy atom. The molecule has 0 saturated heterocycles. The molecule has 0 fully saturated rings. The van der Waals surface area contributed by atoms with E-state index in [2.05, 4.69) is 58.4 Å². The number of phenolic OH excluding ortho intramolecular Hbond substituents is 1. The van der Waals surface area contributed by atoms with Crippen LogP contribution in [0.5, 0.6) is 5.75 Å². The lowest BCUT2D eigenvalue weighted by molar-refractivity contribution is 0.335. The second kappa shape index (κ2) is 6.99. The van der Waals surface area contributed by atoms with Crippen LogP contribution in [0.1, 0.15) is 17.5 Å². The molecule has 0 radical (unpaired) electrons. The van der Waals surface area contributed by atoms with E-state index >= 15 is 0 Å². The number of phenols is 1. The van der Waals surface area contributed by atoms with Crippen LogP contribution in [0.3, 0.4) is 0 Å². The van der Waals surface area contributed by atoms with Gasteiger partial charge in [0.2, 0.25) is 0 Å². The van der Waals surface area contributed by atoms with Gasteiger partial charge in [-0.1, -0.05) is 54.6 Å². The fraction of sp³-hybridized carbons (Fsp3) is 0.182. The molecule has 3 aromatic rings. The van der Waals surface area contributed by atoms with Crippen LogP contribution in [0.25, 0.3) is 22.6 Å². The van der Waals surface area contributed by atoms with Crippen LogP contribution < -0.4 is 0 Å². The van der Waals surface area contributed by atoms with Crippen molar-refractivity contribution < 1.29 is 5.11 Å². The molecule has 4 rings (SSSR count). The van der Waals surface area contributed by atoms with E-state index in [-0.39, 0.29) is 0 Å². The second-order valence-corrected chi connectivity index (χ2v) is 6.45. The van der Waals surface area contributed by atoms with E-state index in [1.54, 1.807) is 6.07 Å². The highest BCUT2D eigenvalue weighted by atomic mass is 16.3. The maximum atomic E-state index is 9.86. The zero-order valence-corrected chi connectivity index (χ0v) is 14.2. The Kier molecular flexibility index (Phi) is 4.40. The first-order valence-electron chi connectivity index (χ1n) is 8.74. The van der Waals surface area contributed by atoms with Crippen molar-refractivity contribution in [2.75, 3.05) is 19.6 Å². The third-order valence-electron chi connectivity index (χ3n) is 4.83. The largest absolute Gasteiger partial charge is 0.506 e. The molecule has 1 aliphatic heterocycles. The monoisotopic (exact) mass is 330 g/mol. The van der Waals surface area contributed by atoms with Gasteiger partial charge in [0, 0.05) is 31.2 Å². The molecule has 1 aromatic heterocycles. The summed E-state index contributed by atoms with van der Waals surface area (Å²) in [5.74, 6) is 0.298. The number of benzene rings is 2. The van der Waals surface area contributed by atoms with Gasteiger partial charge in [-0.05, 0) is 35.3 Å². The zero-order chi connectivity index (χ0) is 17.1. The Morgan fingerprint density at radius 3 is 2.76 bits per heavy atom. The van der Waals surface area contributed by atoms with E-state index in [1.165, 1.54) is 11.1 Å². The van der Waals surface area contributed by atoms with Gasteiger partial charge in [-0.2, -0.15) is 0 Å². The van der Waals surface area contributed by atoms with E-state index in [0.29, 0.717) is 5.75 Å². The summed E-state index contributed by atoms with van der Waals surface area (Å²) in [4.78, 5) is 5.53. The summed E-state index contributed by atoms with van der Waals surface area (Å²) < 4.78 is 0. The van der Waals surface area contributed by atoms with Gasteiger partial charge in [-0.3, -0.25) is 4.90 Å². The molecule has 0 bridgehead atoms. The van der Waals surface area contributed by atoms with E-state index in [4.69, 9.17) is 0 Å². The van der Waals surface area contributed by atoms with Crippen molar-refractivity contribution in [2.45, 2.75) is 6.42 Å². The maximum Gasteiger partial charge on any atom is 0.139 e. The molecule has 2 heterocycles. The molecule has 2 N–H and O–H groups in total. The summed E-state index contributed by atoms with van der Waals surface area (Å²) in [6.07, 6.45) is 9.66. The van der Waals surface area contributed by atoms with E-state index in [1.807, 2.05) is 18.3 Å². The van der Waals surface area contributed by atoms with Gasteiger partial charge in [-0.25, -0.2) is 0 Å². The Balaban J connectivity index is 1.41. The second-order valence-electron chi connectivity index (χ2n) is 6.45. The first-order valence-corrected chi connectivity index (χ1v) is 8.74. The molecule has 1 aliphatic rings. The summed E-state index contributed by atoms with van der Waals surface area (Å²) in [6.45, 7) is 3.01. The van der Waals surface area contributed by atoms with Crippen molar-refractivity contribution in [1.82, 2.24) is 9.88 Å². The third kappa shape index (κ3) is 3.37. The number of H-pyrrole nitrogens is 1. The first-order chi connectivity index (χ1) is 12.3. The number of hydrogen-bond acceptors (Lipinski definition) is 2. The maximum absolute atomic E-state index is 9.86. The van der Waals surface area contributed by atoms with Crippen molar-refractivity contribution in [3.8, 4) is 5.75 Å². The number of rotatable bonds is 4. The molecule has 2 aromatic carbocycles.